The Hall–Kier alpha value is -2.35. The lowest BCUT2D eigenvalue weighted by atomic mass is 10.1. The molecule has 3 atom stereocenters. The highest BCUT2D eigenvalue weighted by atomic mass is 16.6. The first-order valence-electron chi connectivity index (χ1n) is 9.17. The van der Waals surface area contributed by atoms with Gasteiger partial charge in [-0.2, -0.15) is 0 Å². The van der Waals surface area contributed by atoms with Crippen LogP contribution in [0.3, 0.4) is 0 Å². The summed E-state index contributed by atoms with van der Waals surface area (Å²) < 4.78 is 16.0. The number of esters is 2. The van der Waals surface area contributed by atoms with Gasteiger partial charge in [0.2, 0.25) is 0 Å². The maximum absolute atomic E-state index is 12.6. The van der Waals surface area contributed by atoms with Crippen LogP contribution in [0.4, 0.5) is 0 Å². The first-order valence-corrected chi connectivity index (χ1v) is 9.17. The number of hydrogen-bond donors (Lipinski definition) is 1. The Bertz CT molecular complexity index is 716. The highest BCUT2D eigenvalue weighted by Gasteiger charge is 2.32. The molecule has 8 nitrogen and oxygen atoms in total. The number of hydrogen-bond acceptors (Lipinski definition) is 6. The van der Waals surface area contributed by atoms with Crippen LogP contribution in [0.2, 0.25) is 0 Å². The molecular weight excluding hydrogens is 352 g/mol. The maximum Gasteiger partial charge on any atom is 0.355 e. The quantitative estimate of drug-likeness (QED) is 0.785. The number of rotatable bonds is 5. The van der Waals surface area contributed by atoms with Crippen molar-refractivity contribution in [2.75, 3.05) is 19.7 Å². The minimum Gasteiger partial charge on any atom is -0.462 e. The first kappa shape index (κ1) is 21.0. The molecule has 1 aromatic heterocycles. The van der Waals surface area contributed by atoms with Crippen LogP contribution in [-0.2, 0) is 19.0 Å². The fraction of sp³-hybridized carbons (Fsp3) is 0.632. The lowest BCUT2D eigenvalue weighted by molar-refractivity contribution is -0.151. The van der Waals surface area contributed by atoms with E-state index in [4.69, 9.17) is 14.2 Å². The predicted molar refractivity (Wildman–Crippen MR) is 97.7 cm³/mol. The molecular formula is C19H28N2O6. The van der Waals surface area contributed by atoms with E-state index in [0.29, 0.717) is 29.9 Å². The summed E-state index contributed by atoms with van der Waals surface area (Å²) in [6.45, 7) is 11.5. The number of amides is 1. The minimum atomic E-state index is -0.941. The normalized spacial score (nSPS) is 20.9. The van der Waals surface area contributed by atoms with E-state index in [2.05, 4.69) is 4.98 Å². The standard InChI is InChI=1S/C19H28N2O6/c1-7-25-18(23)15-12(4)16(20-13(15)5)19(24)27-14(6)17(22)21-8-10(2)26-11(3)9-21/h10-11,14,20H,7-9H2,1-6H3. The predicted octanol–water partition coefficient (Wildman–Crippen LogP) is 1.99. The molecule has 0 saturated carbocycles. The van der Waals surface area contributed by atoms with E-state index in [-0.39, 0.29) is 30.4 Å². The molecule has 0 radical (unpaired) electrons. The summed E-state index contributed by atoms with van der Waals surface area (Å²) in [5, 5.41) is 0. The third-order valence-corrected chi connectivity index (χ3v) is 4.48. The fourth-order valence-electron chi connectivity index (χ4n) is 3.35. The monoisotopic (exact) mass is 380 g/mol. The summed E-state index contributed by atoms with van der Waals surface area (Å²) >= 11 is 0. The Labute approximate surface area is 159 Å². The largest absolute Gasteiger partial charge is 0.462 e. The van der Waals surface area contributed by atoms with E-state index >= 15 is 0 Å². The molecule has 0 aliphatic carbocycles. The van der Waals surface area contributed by atoms with Crippen molar-refractivity contribution in [2.24, 2.45) is 0 Å². The van der Waals surface area contributed by atoms with E-state index in [1.54, 1.807) is 32.6 Å². The number of H-pyrrole nitrogens is 1. The number of nitrogens with zero attached hydrogens (tertiary/aromatic N) is 1. The number of nitrogens with one attached hydrogen (secondary N) is 1. The van der Waals surface area contributed by atoms with Crippen LogP contribution >= 0.6 is 0 Å². The van der Waals surface area contributed by atoms with Gasteiger partial charge in [0.05, 0.1) is 24.4 Å². The number of ether oxygens (including phenoxy) is 3. The third-order valence-electron chi connectivity index (χ3n) is 4.48. The number of aromatic nitrogens is 1. The Morgan fingerprint density at radius 1 is 1.19 bits per heavy atom. The zero-order chi connectivity index (χ0) is 20.3. The van der Waals surface area contributed by atoms with E-state index in [9.17, 15) is 14.4 Å². The van der Waals surface area contributed by atoms with Crippen molar-refractivity contribution in [3.05, 3.63) is 22.5 Å². The summed E-state index contributed by atoms with van der Waals surface area (Å²) in [7, 11) is 0. The Balaban J connectivity index is 2.09. The molecule has 8 heteroatoms. The second-order valence-corrected chi connectivity index (χ2v) is 6.89. The summed E-state index contributed by atoms with van der Waals surface area (Å²) in [5.41, 5.74) is 1.44. The van der Waals surface area contributed by atoms with Gasteiger partial charge >= 0.3 is 11.9 Å². The molecule has 1 fully saturated rings. The third kappa shape index (κ3) is 4.68. The van der Waals surface area contributed by atoms with Gasteiger partial charge in [-0.3, -0.25) is 4.79 Å². The van der Waals surface area contributed by atoms with E-state index < -0.39 is 18.0 Å². The summed E-state index contributed by atoms with van der Waals surface area (Å²) in [4.78, 5) is 41.7. The molecule has 1 aliphatic rings. The lowest BCUT2D eigenvalue weighted by Gasteiger charge is -2.36. The van der Waals surface area contributed by atoms with Crippen molar-refractivity contribution in [3.8, 4) is 0 Å². The molecule has 1 amide bonds. The zero-order valence-corrected chi connectivity index (χ0v) is 16.8. The second-order valence-electron chi connectivity index (χ2n) is 6.89. The van der Waals surface area contributed by atoms with Crippen LogP contribution in [0.1, 0.15) is 59.8 Å². The van der Waals surface area contributed by atoms with Crippen LogP contribution in [0.5, 0.6) is 0 Å². The molecule has 2 heterocycles. The fourth-order valence-corrected chi connectivity index (χ4v) is 3.35. The second kappa shape index (κ2) is 8.56. The average molecular weight is 380 g/mol. The van der Waals surface area contributed by atoms with Gasteiger partial charge in [0, 0.05) is 18.8 Å². The number of carbonyl (C=O) groups excluding carboxylic acids is 3. The van der Waals surface area contributed by atoms with Gasteiger partial charge in [-0.05, 0) is 47.1 Å². The molecule has 0 spiro atoms. The molecule has 150 valence electrons. The van der Waals surface area contributed by atoms with Crippen molar-refractivity contribution >= 4 is 17.8 Å². The van der Waals surface area contributed by atoms with Gasteiger partial charge in [0.1, 0.15) is 5.69 Å². The molecule has 1 aliphatic heterocycles. The number of aryl methyl sites for hydroxylation is 1. The number of aromatic amines is 1. The molecule has 0 aromatic carbocycles. The molecule has 1 aromatic rings. The molecule has 1 saturated heterocycles. The van der Waals surface area contributed by atoms with E-state index in [1.165, 1.54) is 0 Å². The summed E-state index contributed by atoms with van der Waals surface area (Å²) in [6, 6.07) is 0. The lowest BCUT2D eigenvalue weighted by Crippen LogP contribution is -2.51. The molecule has 2 rings (SSSR count). The molecule has 1 N–H and O–H groups in total. The van der Waals surface area contributed by atoms with Gasteiger partial charge in [-0.25, -0.2) is 9.59 Å². The topological polar surface area (TPSA) is 97.9 Å². The smallest absolute Gasteiger partial charge is 0.355 e. The highest BCUT2D eigenvalue weighted by Crippen LogP contribution is 2.21. The van der Waals surface area contributed by atoms with Gasteiger partial charge in [-0.1, -0.05) is 0 Å². The maximum atomic E-state index is 12.6. The molecule has 0 bridgehead atoms. The van der Waals surface area contributed by atoms with Crippen molar-refractivity contribution in [1.29, 1.82) is 0 Å². The van der Waals surface area contributed by atoms with Crippen LogP contribution in [0.15, 0.2) is 0 Å². The Kier molecular flexibility index (Phi) is 6.64. The zero-order valence-electron chi connectivity index (χ0n) is 16.8. The Morgan fingerprint density at radius 2 is 1.78 bits per heavy atom. The minimum absolute atomic E-state index is 0.0685. The van der Waals surface area contributed by atoms with Crippen LogP contribution in [0, 0.1) is 13.8 Å². The molecule has 27 heavy (non-hydrogen) atoms. The SMILES string of the molecule is CCOC(=O)c1c(C)[nH]c(C(=O)OC(C)C(=O)N2CC(C)OC(C)C2)c1C. The summed E-state index contributed by atoms with van der Waals surface area (Å²) in [6.07, 6.45) is -1.08. The highest BCUT2D eigenvalue weighted by molar-refractivity contribution is 5.99. The van der Waals surface area contributed by atoms with E-state index in [1.807, 2.05) is 13.8 Å². The average Bonchev–Trinajstić information content (AvgIpc) is 2.88. The van der Waals surface area contributed by atoms with Crippen LogP contribution in [-0.4, -0.2) is 65.7 Å². The van der Waals surface area contributed by atoms with Crippen molar-refractivity contribution in [3.63, 3.8) is 0 Å². The van der Waals surface area contributed by atoms with Gasteiger partial charge in [-0.15, -0.1) is 0 Å². The summed E-state index contributed by atoms with van der Waals surface area (Å²) in [5.74, 6) is -1.44. The Morgan fingerprint density at radius 3 is 2.33 bits per heavy atom. The van der Waals surface area contributed by atoms with Crippen molar-refractivity contribution in [1.82, 2.24) is 9.88 Å². The van der Waals surface area contributed by atoms with Crippen LogP contribution in [0.25, 0.3) is 0 Å². The number of morpholine rings is 1. The van der Waals surface area contributed by atoms with Gasteiger partial charge in [0.15, 0.2) is 6.10 Å². The van der Waals surface area contributed by atoms with Crippen molar-refractivity contribution < 1.29 is 28.6 Å². The molecule has 3 unspecified atom stereocenters. The van der Waals surface area contributed by atoms with Crippen LogP contribution < -0.4 is 0 Å². The van der Waals surface area contributed by atoms with E-state index in [0.717, 1.165) is 0 Å². The first-order chi connectivity index (χ1) is 12.6. The van der Waals surface area contributed by atoms with Crippen molar-refractivity contribution in [2.45, 2.75) is 59.9 Å². The van der Waals surface area contributed by atoms with Gasteiger partial charge < -0.3 is 24.1 Å². The number of carbonyl (C=O) groups is 3. The van der Waals surface area contributed by atoms with Gasteiger partial charge in [0.25, 0.3) is 5.91 Å².